The van der Waals surface area contributed by atoms with Crippen LogP contribution in [0, 0.1) is 0 Å². The van der Waals surface area contributed by atoms with Crippen LogP contribution in [0.3, 0.4) is 0 Å². The number of thioether (sulfide) groups is 1. The van der Waals surface area contributed by atoms with Crippen LogP contribution in [0.15, 0.2) is 24.3 Å². The standard InChI is InChI=1S/C19H25F2N3O3S/c1-11(12-5-4-6-13(9-12)27-18(20)21)22-16(25)8-3-2-7-15-17-14(10-28-15)23-19(26)24-17/h4-6,9,11,14-15,17-18H,2-3,7-8,10H2,1H3,(H,22,25)(H2,23,24,26)/t11?,14-,15-,17-/m0/s1. The topological polar surface area (TPSA) is 79.5 Å². The van der Waals surface area contributed by atoms with Crippen LogP contribution in [-0.2, 0) is 4.79 Å². The minimum Gasteiger partial charge on any atom is -0.435 e. The first kappa shape index (κ1) is 20.7. The Morgan fingerprint density at radius 1 is 1.36 bits per heavy atom. The molecule has 28 heavy (non-hydrogen) atoms. The van der Waals surface area contributed by atoms with Gasteiger partial charge in [0, 0.05) is 17.4 Å². The number of benzene rings is 1. The van der Waals surface area contributed by atoms with E-state index in [9.17, 15) is 18.4 Å². The van der Waals surface area contributed by atoms with Crippen molar-refractivity contribution in [3.05, 3.63) is 29.8 Å². The van der Waals surface area contributed by atoms with E-state index in [0.29, 0.717) is 17.2 Å². The third kappa shape index (κ3) is 5.50. The van der Waals surface area contributed by atoms with Crippen LogP contribution in [0.4, 0.5) is 13.6 Å². The van der Waals surface area contributed by atoms with Gasteiger partial charge in [0.15, 0.2) is 0 Å². The van der Waals surface area contributed by atoms with Gasteiger partial charge < -0.3 is 20.7 Å². The van der Waals surface area contributed by atoms with Crippen LogP contribution in [0.25, 0.3) is 0 Å². The van der Waals surface area contributed by atoms with Gasteiger partial charge >= 0.3 is 12.6 Å². The second kappa shape index (κ2) is 9.45. The van der Waals surface area contributed by atoms with E-state index in [1.54, 1.807) is 12.1 Å². The molecule has 0 saturated carbocycles. The van der Waals surface area contributed by atoms with Crippen LogP contribution in [0.5, 0.6) is 5.75 Å². The molecule has 0 aliphatic carbocycles. The summed E-state index contributed by atoms with van der Waals surface area (Å²) in [4.78, 5) is 23.6. The molecule has 0 aromatic heterocycles. The highest BCUT2D eigenvalue weighted by Crippen LogP contribution is 2.33. The predicted octanol–water partition coefficient (Wildman–Crippen LogP) is 3.19. The van der Waals surface area contributed by atoms with Crippen molar-refractivity contribution in [2.24, 2.45) is 0 Å². The number of urea groups is 1. The largest absolute Gasteiger partial charge is 0.435 e. The van der Waals surface area contributed by atoms with Crippen molar-refractivity contribution in [2.45, 2.75) is 62.6 Å². The summed E-state index contributed by atoms with van der Waals surface area (Å²) < 4.78 is 29.0. The number of fused-ring (bicyclic) bond motifs is 1. The summed E-state index contributed by atoms with van der Waals surface area (Å²) >= 11 is 1.87. The van der Waals surface area contributed by atoms with Crippen LogP contribution in [0.2, 0.25) is 0 Å². The zero-order valence-electron chi connectivity index (χ0n) is 15.6. The Hall–Kier alpha value is -2.03. The van der Waals surface area contributed by atoms with Gasteiger partial charge in [0.2, 0.25) is 5.91 Å². The SMILES string of the molecule is CC(NC(=O)CCCC[C@@H]1SC[C@@H]2NC(=O)N[C@@H]21)c1cccc(OC(F)F)c1. The van der Waals surface area contributed by atoms with Crippen LogP contribution < -0.4 is 20.7 Å². The van der Waals surface area contributed by atoms with E-state index in [0.717, 1.165) is 25.0 Å². The molecule has 0 radical (unpaired) electrons. The van der Waals surface area contributed by atoms with Gasteiger partial charge in [-0.2, -0.15) is 20.5 Å². The number of ether oxygens (including phenoxy) is 1. The van der Waals surface area contributed by atoms with Gasteiger partial charge in [-0.05, 0) is 37.5 Å². The molecule has 3 N–H and O–H groups in total. The summed E-state index contributed by atoms with van der Waals surface area (Å²) in [6, 6.07) is 6.38. The van der Waals surface area contributed by atoms with E-state index in [2.05, 4.69) is 20.7 Å². The third-order valence-electron chi connectivity index (χ3n) is 5.04. The van der Waals surface area contributed by atoms with E-state index >= 15 is 0 Å². The summed E-state index contributed by atoms with van der Waals surface area (Å²) in [5.41, 5.74) is 0.712. The maximum Gasteiger partial charge on any atom is 0.387 e. The Labute approximate surface area is 167 Å². The molecule has 2 fully saturated rings. The summed E-state index contributed by atoms with van der Waals surface area (Å²) in [7, 11) is 0. The molecule has 1 unspecified atom stereocenters. The van der Waals surface area contributed by atoms with Crippen molar-refractivity contribution in [1.29, 1.82) is 0 Å². The summed E-state index contributed by atoms with van der Waals surface area (Å²) in [5.74, 6) is 0.940. The van der Waals surface area contributed by atoms with Crippen molar-refractivity contribution < 1.29 is 23.1 Å². The van der Waals surface area contributed by atoms with Crippen molar-refractivity contribution >= 4 is 23.7 Å². The highest BCUT2D eigenvalue weighted by Gasteiger charge is 2.42. The van der Waals surface area contributed by atoms with Gasteiger partial charge in [-0.1, -0.05) is 18.6 Å². The molecule has 1 aromatic carbocycles. The van der Waals surface area contributed by atoms with Gasteiger partial charge in [-0.25, -0.2) is 4.79 Å². The van der Waals surface area contributed by atoms with E-state index in [-0.39, 0.29) is 35.8 Å². The second-order valence-corrected chi connectivity index (χ2v) is 8.38. The number of hydrogen-bond donors (Lipinski definition) is 3. The first-order valence-electron chi connectivity index (χ1n) is 9.45. The molecular formula is C19H25F2N3O3S. The molecule has 0 bridgehead atoms. The summed E-state index contributed by atoms with van der Waals surface area (Å²) in [6.07, 6.45) is 3.05. The number of alkyl halides is 2. The lowest BCUT2D eigenvalue weighted by Gasteiger charge is -2.17. The van der Waals surface area contributed by atoms with Crippen molar-refractivity contribution in [3.63, 3.8) is 0 Å². The number of carbonyl (C=O) groups is 2. The Balaban J connectivity index is 1.37. The number of rotatable bonds is 9. The van der Waals surface area contributed by atoms with Crippen LogP contribution in [-0.4, -0.2) is 41.6 Å². The first-order valence-corrected chi connectivity index (χ1v) is 10.5. The molecule has 3 rings (SSSR count). The highest BCUT2D eigenvalue weighted by molar-refractivity contribution is 8.00. The highest BCUT2D eigenvalue weighted by atomic mass is 32.2. The smallest absolute Gasteiger partial charge is 0.387 e. The molecule has 9 heteroatoms. The molecule has 3 amide bonds. The third-order valence-corrected chi connectivity index (χ3v) is 6.55. The van der Waals surface area contributed by atoms with Crippen molar-refractivity contribution in [2.75, 3.05) is 5.75 Å². The minimum atomic E-state index is -2.87. The molecule has 6 nitrogen and oxygen atoms in total. The fraction of sp³-hybridized carbons (Fsp3) is 0.579. The Kier molecular flexibility index (Phi) is 6.98. The van der Waals surface area contributed by atoms with Crippen LogP contribution in [0.1, 0.15) is 44.2 Å². The van der Waals surface area contributed by atoms with Gasteiger partial charge in [-0.3, -0.25) is 4.79 Å². The fourth-order valence-corrected chi connectivity index (χ4v) is 5.17. The van der Waals surface area contributed by atoms with E-state index in [4.69, 9.17) is 0 Å². The zero-order valence-corrected chi connectivity index (χ0v) is 16.4. The van der Waals surface area contributed by atoms with Gasteiger partial charge in [-0.15, -0.1) is 0 Å². The lowest BCUT2D eigenvalue weighted by Crippen LogP contribution is -2.36. The Morgan fingerprint density at radius 2 is 2.18 bits per heavy atom. The maximum atomic E-state index is 12.3. The van der Waals surface area contributed by atoms with Crippen molar-refractivity contribution in [1.82, 2.24) is 16.0 Å². The predicted molar refractivity (Wildman–Crippen MR) is 104 cm³/mol. The lowest BCUT2D eigenvalue weighted by atomic mass is 10.0. The molecule has 2 aliphatic rings. The normalized spacial score (nSPS) is 24.4. The van der Waals surface area contributed by atoms with Gasteiger partial charge in [0.25, 0.3) is 0 Å². The molecule has 2 aliphatic heterocycles. The zero-order chi connectivity index (χ0) is 20.1. The van der Waals surface area contributed by atoms with Crippen molar-refractivity contribution in [3.8, 4) is 5.75 Å². The summed E-state index contributed by atoms with van der Waals surface area (Å²) in [5, 5.41) is 9.17. The number of halogens is 2. The molecular weight excluding hydrogens is 388 g/mol. The molecule has 154 valence electrons. The second-order valence-electron chi connectivity index (χ2n) is 7.11. The lowest BCUT2D eigenvalue weighted by molar-refractivity contribution is -0.121. The number of nitrogens with one attached hydrogen (secondary N) is 3. The molecule has 0 spiro atoms. The van der Waals surface area contributed by atoms with E-state index in [1.807, 2.05) is 18.7 Å². The number of amides is 3. The fourth-order valence-electron chi connectivity index (χ4n) is 3.63. The van der Waals surface area contributed by atoms with Crippen LogP contribution >= 0.6 is 11.8 Å². The molecule has 4 atom stereocenters. The van der Waals surface area contributed by atoms with Gasteiger partial charge in [0.05, 0.1) is 18.1 Å². The summed E-state index contributed by atoms with van der Waals surface area (Å²) in [6.45, 7) is -1.06. The number of hydrogen-bond acceptors (Lipinski definition) is 4. The first-order chi connectivity index (χ1) is 13.4. The molecule has 1 aromatic rings. The Morgan fingerprint density at radius 3 is 2.96 bits per heavy atom. The minimum absolute atomic E-state index is 0.0690. The molecule has 2 saturated heterocycles. The quantitative estimate of drug-likeness (QED) is 0.429. The maximum absolute atomic E-state index is 12.3. The monoisotopic (exact) mass is 413 g/mol. The molecule has 2 heterocycles. The average Bonchev–Trinajstić information content (AvgIpc) is 3.18. The number of unbranched alkanes of at least 4 members (excludes halogenated alkanes) is 1. The number of carbonyl (C=O) groups excluding carboxylic acids is 2. The van der Waals surface area contributed by atoms with Gasteiger partial charge in [0.1, 0.15) is 5.75 Å². The van der Waals surface area contributed by atoms with E-state index < -0.39 is 6.61 Å². The average molecular weight is 413 g/mol. The van der Waals surface area contributed by atoms with E-state index in [1.165, 1.54) is 12.1 Å². The Bertz CT molecular complexity index is 707.